The molecule has 0 aromatic heterocycles. The SMILES string of the molecule is COc1cc(CC2CCC(=O)N2Cc2ccc(Cl)cc2)ccc1I. The van der Waals surface area contributed by atoms with Gasteiger partial charge in [-0.15, -0.1) is 0 Å². The molecular weight excluding hydrogens is 437 g/mol. The predicted molar refractivity (Wildman–Crippen MR) is 104 cm³/mol. The smallest absolute Gasteiger partial charge is 0.223 e. The van der Waals surface area contributed by atoms with Crippen LogP contribution < -0.4 is 4.74 Å². The van der Waals surface area contributed by atoms with Gasteiger partial charge in [-0.25, -0.2) is 0 Å². The second-order valence-electron chi connectivity index (χ2n) is 6.01. The summed E-state index contributed by atoms with van der Waals surface area (Å²) >= 11 is 8.21. The first-order valence-electron chi connectivity index (χ1n) is 7.93. The first kappa shape index (κ1) is 17.5. The average Bonchev–Trinajstić information content (AvgIpc) is 2.92. The van der Waals surface area contributed by atoms with Crippen molar-refractivity contribution in [1.82, 2.24) is 4.90 Å². The third kappa shape index (κ3) is 4.03. The molecule has 0 saturated carbocycles. The van der Waals surface area contributed by atoms with Crippen molar-refractivity contribution in [2.45, 2.75) is 31.8 Å². The van der Waals surface area contributed by atoms with Gasteiger partial charge >= 0.3 is 0 Å². The highest BCUT2D eigenvalue weighted by Gasteiger charge is 2.30. The lowest BCUT2D eigenvalue weighted by Crippen LogP contribution is -2.33. The number of amides is 1. The van der Waals surface area contributed by atoms with Crippen LogP contribution in [-0.2, 0) is 17.8 Å². The number of benzene rings is 2. The monoisotopic (exact) mass is 455 g/mol. The molecule has 1 fully saturated rings. The van der Waals surface area contributed by atoms with E-state index in [2.05, 4.69) is 40.8 Å². The number of rotatable bonds is 5. The molecule has 1 aliphatic rings. The molecule has 1 aliphatic heterocycles. The highest BCUT2D eigenvalue weighted by atomic mass is 127. The lowest BCUT2D eigenvalue weighted by atomic mass is 10.0. The summed E-state index contributed by atoms with van der Waals surface area (Å²) in [6.45, 7) is 0.641. The van der Waals surface area contributed by atoms with Crippen molar-refractivity contribution < 1.29 is 9.53 Å². The third-order valence-corrected chi connectivity index (χ3v) is 5.55. The van der Waals surface area contributed by atoms with Crippen LogP contribution in [0.1, 0.15) is 24.0 Å². The largest absolute Gasteiger partial charge is 0.496 e. The van der Waals surface area contributed by atoms with Gasteiger partial charge < -0.3 is 9.64 Å². The predicted octanol–water partition coefficient (Wildman–Crippen LogP) is 4.69. The number of likely N-dealkylation sites (tertiary alicyclic amines) is 1. The van der Waals surface area contributed by atoms with E-state index in [0.29, 0.717) is 18.0 Å². The minimum atomic E-state index is 0.229. The molecule has 2 aromatic rings. The zero-order chi connectivity index (χ0) is 17.1. The van der Waals surface area contributed by atoms with Gasteiger partial charge in [-0.3, -0.25) is 4.79 Å². The van der Waals surface area contributed by atoms with E-state index < -0.39 is 0 Å². The Morgan fingerprint density at radius 2 is 1.92 bits per heavy atom. The average molecular weight is 456 g/mol. The minimum Gasteiger partial charge on any atom is -0.496 e. The molecule has 0 bridgehead atoms. The van der Waals surface area contributed by atoms with E-state index in [1.807, 2.05) is 29.2 Å². The highest BCUT2D eigenvalue weighted by molar-refractivity contribution is 14.1. The molecule has 1 saturated heterocycles. The molecule has 24 heavy (non-hydrogen) atoms. The quantitative estimate of drug-likeness (QED) is 0.612. The van der Waals surface area contributed by atoms with Crippen LogP contribution in [0.25, 0.3) is 0 Å². The van der Waals surface area contributed by atoms with Gasteiger partial charge in [0.2, 0.25) is 5.91 Å². The number of halogens is 2. The van der Waals surface area contributed by atoms with E-state index in [0.717, 1.165) is 27.7 Å². The van der Waals surface area contributed by atoms with Crippen LogP contribution in [0.15, 0.2) is 42.5 Å². The fourth-order valence-corrected chi connectivity index (χ4v) is 3.79. The molecule has 3 rings (SSSR count). The number of hydrogen-bond acceptors (Lipinski definition) is 2. The van der Waals surface area contributed by atoms with Crippen molar-refractivity contribution in [2.75, 3.05) is 7.11 Å². The Hall–Kier alpha value is -1.27. The molecule has 0 spiro atoms. The van der Waals surface area contributed by atoms with E-state index in [4.69, 9.17) is 16.3 Å². The second-order valence-corrected chi connectivity index (χ2v) is 7.61. The third-order valence-electron chi connectivity index (χ3n) is 4.41. The number of methoxy groups -OCH3 is 1. The molecule has 1 unspecified atom stereocenters. The Bertz CT molecular complexity index is 733. The van der Waals surface area contributed by atoms with Crippen LogP contribution >= 0.6 is 34.2 Å². The van der Waals surface area contributed by atoms with Crippen molar-refractivity contribution in [1.29, 1.82) is 0 Å². The zero-order valence-electron chi connectivity index (χ0n) is 13.5. The summed E-state index contributed by atoms with van der Waals surface area (Å²) in [6.07, 6.45) is 2.38. The van der Waals surface area contributed by atoms with Crippen LogP contribution in [0.3, 0.4) is 0 Å². The molecule has 1 atom stereocenters. The van der Waals surface area contributed by atoms with Crippen LogP contribution in [-0.4, -0.2) is 24.0 Å². The number of nitrogens with zero attached hydrogens (tertiary/aromatic N) is 1. The molecule has 3 nitrogen and oxygen atoms in total. The first-order valence-corrected chi connectivity index (χ1v) is 9.39. The molecule has 2 aromatic carbocycles. The van der Waals surface area contributed by atoms with E-state index in [9.17, 15) is 4.79 Å². The summed E-state index contributed by atoms with van der Waals surface area (Å²) in [4.78, 5) is 14.3. The normalized spacial score (nSPS) is 17.4. The Kier molecular flexibility index (Phi) is 5.66. The van der Waals surface area contributed by atoms with Crippen LogP contribution in [0.4, 0.5) is 0 Å². The maximum absolute atomic E-state index is 12.3. The number of carbonyl (C=O) groups is 1. The van der Waals surface area contributed by atoms with Crippen molar-refractivity contribution in [3.05, 3.63) is 62.2 Å². The molecule has 126 valence electrons. The van der Waals surface area contributed by atoms with Gasteiger partial charge in [-0.1, -0.05) is 29.8 Å². The van der Waals surface area contributed by atoms with Gasteiger partial charge in [-0.2, -0.15) is 0 Å². The van der Waals surface area contributed by atoms with Crippen molar-refractivity contribution in [3.63, 3.8) is 0 Å². The minimum absolute atomic E-state index is 0.229. The molecular formula is C19H19ClINO2. The summed E-state index contributed by atoms with van der Waals surface area (Å²) in [6, 6.07) is 14.2. The molecule has 0 radical (unpaired) electrons. The fourth-order valence-electron chi connectivity index (χ4n) is 3.11. The van der Waals surface area contributed by atoms with Crippen LogP contribution in [0.5, 0.6) is 5.75 Å². The standard InChI is InChI=1S/C19H19ClINO2/c1-24-18-11-14(4-8-17(18)21)10-16-7-9-19(23)22(16)12-13-2-5-15(20)6-3-13/h2-6,8,11,16H,7,9-10,12H2,1H3. The van der Waals surface area contributed by atoms with Gasteiger partial charge in [0, 0.05) is 24.0 Å². The first-order chi connectivity index (χ1) is 11.6. The summed E-state index contributed by atoms with van der Waals surface area (Å²) in [7, 11) is 1.69. The molecule has 0 N–H and O–H groups in total. The number of hydrogen-bond donors (Lipinski definition) is 0. The van der Waals surface area contributed by atoms with E-state index in [-0.39, 0.29) is 11.9 Å². The van der Waals surface area contributed by atoms with E-state index >= 15 is 0 Å². The van der Waals surface area contributed by atoms with Gasteiger partial charge in [-0.05, 0) is 70.8 Å². The topological polar surface area (TPSA) is 29.5 Å². The van der Waals surface area contributed by atoms with Crippen molar-refractivity contribution >= 4 is 40.1 Å². The lowest BCUT2D eigenvalue weighted by Gasteiger charge is -2.25. The Balaban J connectivity index is 1.74. The highest BCUT2D eigenvalue weighted by Crippen LogP contribution is 2.28. The fraction of sp³-hybridized carbons (Fsp3) is 0.316. The van der Waals surface area contributed by atoms with E-state index in [1.54, 1.807) is 7.11 Å². The number of carbonyl (C=O) groups excluding carboxylic acids is 1. The maximum Gasteiger partial charge on any atom is 0.223 e. The Morgan fingerprint density at radius 1 is 1.21 bits per heavy atom. The van der Waals surface area contributed by atoms with Gasteiger partial charge in [0.05, 0.1) is 10.7 Å². The Morgan fingerprint density at radius 3 is 2.62 bits per heavy atom. The van der Waals surface area contributed by atoms with Gasteiger partial charge in [0.1, 0.15) is 5.75 Å². The van der Waals surface area contributed by atoms with Crippen molar-refractivity contribution in [2.24, 2.45) is 0 Å². The molecule has 5 heteroatoms. The second kappa shape index (κ2) is 7.74. The van der Waals surface area contributed by atoms with Gasteiger partial charge in [0.15, 0.2) is 0 Å². The molecule has 1 amide bonds. The summed E-state index contributed by atoms with van der Waals surface area (Å²) in [5.74, 6) is 1.12. The van der Waals surface area contributed by atoms with Crippen LogP contribution in [0.2, 0.25) is 5.02 Å². The zero-order valence-corrected chi connectivity index (χ0v) is 16.4. The summed E-state index contributed by atoms with van der Waals surface area (Å²) < 4.78 is 6.50. The van der Waals surface area contributed by atoms with Crippen molar-refractivity contribution in [3.8, 4) is 5.75 Å². The molecule has 0 aliphatic carbocycles. The summed E-state index contributed by atoms with van der Waals surface area (Å²) in [5, 5.41) is 0.717. The maximum atomic E-state index is 12.3. The summed E-state index contributed by atoms with van der Waals surface area (Å²) in [5.41, 5.74) is 2.31. The molecule has 1 heterocycles. The lowest BCUT2D eigenvalue weighted by molar-refractivity contribution is -0.129. The van der Waals surface area contributed by atoms with Crippen LogP contribution in [0, 0.1) is 3.57 Å². The Labute approximate surface area is 161 Å². The number of ether oxygens (including phenoxy) is 1. The van der Waals surface area contributed by atoms with Gasteiger partial charge in [0.25, 0.3) is 0 Å². The van der Waals surface area contributed by atoms with E-state index in [1.165, 1.54) is 5.56 Å².